The molecule has 2 saturated heterocycles. The van der Waals surface area contributed by atoms with E-state index in [0.29, 0.717) is 6.54 Å². The number of hydrogen-bond acceptors (Lipinski definition) is 4. The largest absolute Gasteiger partial charge is 0.375 e. The summed E-state index contributed by atoms with van der Waals surface area (Å²) in [4.78, 5) is 22.4. The van der Waals surface area contributed by atoms with Crippen LogP contribution in [0.5, 0.6) is 0 Å². The lowest BCUT2D eigenvalue weighted by Crippen LogP contribution is -2.44. The van der Waals surface area contributed by atoms with E-state index in [4.69, 9.17) is 4.74 Å². The average molecular weight is 367 g/mol. The van der Waals surface area contributed by atoms with E-state index in [2.05, 4.69) is 9.88 Å². The van der Waals surface area contributed by atoms with Crippen molar-refractivity contribution < 1.29 is 9.53 Å². The van der Waals surface area contributed by atoms with Crippen molar-refractivity contribution in [2.24, 2.45) is 0 Å². The molecule has 0 saturated carbocycles. The summed E-state index contributed by atoms with van der Waals surface area (Å²) in [5, 5.41) is 0.936. The average Bonchev–Trinajstić information content (AvgIpc) is 2.93. The minimum absolute atomic E-state index is 0.101. The van der Waals surface area contributed by atoms with Crippen LogP contribution < -0.4 is 0 Å². The van der Waals surface area contributed by atoms with Gasteiger partial charge in [-0.2, -0.15) is 0 Å². The van der Waals surface area contributed by atoms with Crippen LogP contribution >= 0.6 is 0 Å². The Labute approximate surface area is 161 Å². The molecule has 3 heterocycles. The molecule has 0 bridgehead atoms. The van der Waals surface area contributed by atoms with Crippen molar-refractivity contribution in [2.75, 3.05) is 39.3 Å². The molecule has 5 heteroatoms. The fourth-order valence-electron chi connectivity index (χ4n) is 4.28. The molecule has 0 N–H and O–H groups in total. The third kappa shape index (κ3) is 4.30. The Bertz CT molecular complexity index is 801. The van der Waals surface area contributed by atoms with Crippen LogP contribution in [0.4, 0.5) is 0 Å². The molecule has 1 amide bonds. The Hall–Kier alpha value is -1.98. The van der Waals surface area contributed by atoms with E-state index >= 15 is 0 Å². The second-order valence-electron chi connectivity index (χ2n) is 7.79. The van der Waals surface area contributed by atoms with Crippen molar-refractivity contribution in [1.82, 2.24) is 14.8 Å². The van der Waals surface area contributed by atoms with E-state index in [1.807, 2.05) is 42.2 Å². The van der Waals surface area contributed by atoms with Crippen LogP contribution in [0.25, 0.3) is 10.9 Å². The van der Waals surface area contributed by atoms with Crippen molar-refractivity contribution in [3.05, 3.63) is 41.6 Å². The van der Waals surface area contributed by atoms with Gasteiger partial charge in [-0.25, -0.2) is 0 Å². The van der Waals surface area contributed by atoms with Gasteiger partial charge in [-0.15, -0.1) is 0 Å². The second kappa shape index (κ2) is 8.36. The smallest absolute Gasteiger partial charge is 0.254 e. The van der Waals surface area contributed by atoms with Gasteiger partial charge >= 0.3 is 0 Å². The first-order valence-corrected chi connectivity index (χ1v) is 10.2. The number of rotatable bonds is 3. The molecule has 2 aromatic rings. The van der Waals surface area contributed by atoms with Gasteiger partial charge in [-0.3, -0.25) is 9.78 Å². The Kier molecular flexibility index (Phi) is 5.69. The molecular weight excluding hydrogens is 338 g/mol. The number of pyridine rings is 1. The molecule has 0 radical (unpaired) electrons. The van der Waals surface area contributed by atoms with Gasteiger partial charge in [0.15, 0.2) is 0 Å². The van der Waals surface area contributed by atoms with Crippen molar-refractivity contribution in [3.8, 4) is 0 Å². The van der Waals surface area contributed by atoms with Crippen LogP contribution in [0, 0.1) is 6.92 Å². The standard InChI is InChI=1S/C22H29N3O2/c1-17-14-20(19-8-3-4-9-21(19)23-17)22(26)25-12-7-13-27-18(16-25)15-24-10-5-2-6-11-24/h3-4,8-9,14,18H,2,5-7,10-13,15-16H2,1H3. The zero-order valence-corrected chi connectivity index (χ0v) is 16.2. The SMILES string of the molecule is Cc1cc(C(=O)N2CCCOC(CN3CCCCC3)C2)c2ccccc2n1. The van der Waals surface area contributed by atoms with E-state index in [1.165, 1.54) is 19.3 Å². The summed E-state index contributed by atoms with van der Waals surface area (Å²) in [6.07, 6.45) is 4.88. The summed E-state index contributed by atoms with van der Waals surface area (Å²) < 4.78 is 6.09. The monoisotopic (exact) mass is 367 g/mol. The van der Waals surface area contributed by atoms with Crippen LogP contribution in [0.15, 0.2) is 30.3 Å². The highest BCUT2D eigenvalue weighted by Gasteiger charge is 2.26. The number of likely N-dealkylation sites (tertiary alicyclic amines) is 1. The first kappa shape index (κ1) is 18.4. The highest BCUT2D eigenvalue weighted by molar-refractivity contribution is 6.06. The predicted octanol–water partition coefficient (Wildman–Crippen LogP) is 3.26. The molecule has 1 aromatic carbocycles. The maximum Gasteiger partial charge on any atom is 0.254 e. The zero-order chi connectivity index (χ0) is 18.6. The van der Waals surface area contributed by atoms with E-state index in [1.54, 1.807) is 0 Å². The fraction of sp³-hybridized carbons (Fsp3) is 0.545. The topological polar surface area (TPSA) is 45.7 Å². The molecule has 0 spiro atoms. The minimum Gasteiger partial charge on any atom is -0.375 e. The highest BCUT2D eigenvalue weighted by atomic mass is 16.5. The van der Waals surface area contributed by atoms with Gasteiger partial charge in [0.1, 0.15) is 0 Å². The molecule has 1 atom stereocenters. The summed E-state index contributed by atoms with van der Waals surface area (Å²) in [6.45, 7) is 7.35. The van der Waals surface area contributed by atoms with E-state index < -0.39 is 0 Å². The molecule has 144 valence electrons. The lowest BCUT2D eigenvalue weighted by molar-refractivity contribution is 0.0217. The Morgan fingerprint density at radius 2 is 1.96 bits per heavy atom. The number of nitrogens with zero attached hydrogens (tertiary/aromatic N) is 3. The number of amides is 1. The summed E-state index contributed by atoms with van der Waals surface area (Å²) in [5.41, 5.74) is 2.53. The van der Waals surface area contributed by atoms with Gasteiger partial charge in [0.05, 0.1) is 17.2 Å². The molecule has 2 aliphatic rings. The van der Waals surface area contributed by atoms with Crippen LogP contribution in [0.1, 0.15) is 41.7 Å². The van der Waals surface area contributed by atoms with E-state index in [0.717, 1.165) is 61.4 Å². The maximum atomic E-state index is 13.4. The lowest BCUT2D eigenvalue weighted by Gasteiger charge is -2.31. The number of benzene rings is 1. The molecule has 1 aromatic heterocycles. The van der Waals surface area contributed by atoms with Crippen molar-refractivity contribution in [3.63, 3.8) is 0 Å². The number of ether oxygens (including phenoxy) is 1. The number of piperidine rings is 1. The number of aromatic nitrogens is 1. The molecular formula is C22H29N3O2. The summed E-state index contributed by atoms with van der Waals surface area (Å²) >= 11 is 0. The quantitative estimate of drug-likeness (QED) is 0.835. The molecule has 4 rings (SSSR count). The lowest BCUT2D eigenvalue weighted by atomic mass is 10.1. The number of carbonyl (C=O) groups is 1. The van der Waals surface area contributed by atoms with Gasteiger partial charge in [0.2, 0.25) is 0 Å². The third-order valence-electron chi connectivity index (χ3n) is 5.62. The predicted molar refractivity (Wildman–Crippen MR) is 107 cm³/mol. The minimum atomic E-state index is 0.101. The zero-order valence-electron chi connectivity index (χ0n) is 16.2. The van der Waals surface area contributed by atoms with Crippen molar-refractivity contribution in [1.29, 1.82) is 0 Å². The molecule has 1 unspecified atom stereocenters. The number of carbonyl (C=O) groups excluding carboxylic acids is 1. The first-order valence-electron chi connectivity index (χ1n) is 10.2. The Morgan fingerprint density at radius 3 is 2.81 bits per heavy atom. The molecule has 2 aliphatic heterocycles. The molecule has 2 fully saturated rings. The van der Waals surface area contributed by atoms with Crippen molar-refractivity contribution >= 4 is 16.8 Å². The van der Waals surface area contributed by atoms with Crippen LogP contribution in [0.3, 0.4) is 0 Å². The number of hydrogen-bond donors (Lipinski definition) is 0. The number of aryl methyl sites for hydroxylation is 1. The Morgan fingerprint density at radius 1 is 1.15 bits per heavy atom. The van der Waals surface area contributed by atoms with Gasteiger partial charge in [-0.05, 0) is 51.4 Å². The first-order chi connectivity index (χ1) is 13.2. The molecule has 0 aliphatic carbocycles. The van der Waals surface area contributed by atoms with Gasteiger partial charge in [-0.1, -0.05) is 24.6 Å². The molecule has 5 nitrogen and oxygen atoms in total. The van der Waals surface area contributed by atoms with Crippen molar-refractivity contribution in [2.45, 2.75) is 38.7 Å². The normalized spacial score (nSPS) is 22.0. The van der Waals surface area contributed by atoms with Crippen LogP contribution in [0.2, 0.25) is 0 Å². The second-order valence-corrected chi connectivity index (χ2v) is 7.79. The fourth-order valence-corrected chi connectivity index (χ4v) is 4.28. The number of para-hydroxylation sites is 1. The van der Waals surface area contributed by atoms with Gasteiger partial charge in [0, 0.05) is 37.3 Å². The Balaban J connectivity index is 1.53. The van der Waals surface area contributed by atoms with Gasteiger partial charge < -0.3 is 14.5 Å². The molecule has 27 heavy (non-hydrogen) atoms. The maximum absolute atomic E-state index is 13.4. The summed E-state index contributed by atoms with van der Waals surface area (Å²) in [6, 6.07) is 9.84. The third-order valence-corrected chi connectivity index (χ3v) is 5.62. The number of fused-ring (bicyclic) bond motifs is 1. The van der Waals surface area contributed by atoms with Gasteiger partial charge in [0.25, 0.3) is 5.91 Å². The van der Waals surface area contributed by atoms with Crippen LogP contribution in [-0.2, 0) is 4.74 Å². The summed E-state index contributed by atoms with van der Waals surface area (Å²) in [7, 11) is 0. The van der Waals surface area contributed by atoms with E-state index in [9.17, 15) is 4.79 Å². The van der Waals surface area contributed by atoms with E-state index in [-0.39, 0.29) is 12.0 Å². The highest BCUT2D eigenvalue weighted by Crippen LogP contribution is 2.21. The summed E-state index contributed by atoms with van der Waals surface area (Å²) in [5.74, 6) is 0.103. The van der Waals surface area contributed by atoms with Crippen LogP contribution in [-0.4, -0.2) is 66.1 Å².